The zero-order valence-electron chi connectivity index (χ0n) is 8.26. The first kappa shape index (κ1) is 12.5. The van der Waals surface area contributed by atoms with Crippen LogP contribution < -0.4 is 5.69 Å². The molecule has 1 aromatic heterocycles. The highest BCUT2D eigenvalue weighted by molar-refractivity contribution is 8.01. The molecule has 0 N–H and O–H groups in total. The summed E-state index contributed by atoms with van der Waals surface area (Å²) in [7, 11) is 0. The van der Waals surface area contributed by atoms with Crippen molar-refractivity contribution in [2.24, 2.45) is 0 Å². The third-order valence-corrected chi connectivity index (χ3v) is 2.91. The van der Waals surface area contributed by atoms with Crippen molar-refractivity contribution in [3.05, 3.63) is 47.1 Å². The van der Waals surface area contributed by atoms with E-state index in [1.54, 1.807) is 24.3 Å². The van der Waals surface area contributed by atoms with E-state index in [2.05, 4.69) is 5.10 Å². The zero-order valence-corrected chi connectivity index (χ0v) is 10.6. The van der Waals surface area contributed by atoms with Gasteiger partial charge in [0.15, 0.2) is 0 Å². The molecule has 0 saturated heterocycles. The minimum absolute atomic E-state index is 0.279. The summed E-state index contributed by atoms with van der Waals surface area (Å²) in [5.74, 6) is 0. The summed E-state index contributed by atoms with van der Waals surface area (Å²) < 4.78 is 12.4. The lowest BCUT2D eigenvalue weighted by Crippen LogP contribution is -2.22. The van der Waals surface area contributed by atoms with E-state index in [0.29, 0.717) is 5.69 Å². The van der Waals surface area contributed by atoms with E-state index < -0.39 is 9.61 Å². The molecule has 1 heterocycles. The van der Waals surface area contributed by atoms with E-state index >= 15 is 0 Å². The van der Waals surface area contributed by atoms with E-state index in [-0.39, 0.29) is 11.9 Å². The number of aromatic nitrogens is 3. The molecule has 0 aliphatic heterocycles. The molecule has 4 nitrogen and oxygen atoms in total. The van der Waals surface area contributed by atoms with Crippen molar-refractivity contribution >= 4 is 35.1 Å². The van der Waals surface area contributed by atoms with Crippen LogP contribution in [0.1, 0.15) is 0 Å². The van der Waals surface area contributed by atoms with Crippen LogP contribution in [-0.4, -0.2) is 17.7 Å². The zero-order chi connectivity index (χ0) is 12.5. The number of hydrogen-bond donors (Lipinski definition) is 0. The van der Waals surface area contributed by atoms with E-state index in [0.717, 1.165) is 4.09 Å². The fraction of sp³-hybridized carbons (Fsp3) is 0.111. The van der Waals surface area contributed by atoms with Crippen LogP contribution in [-0.2, 0) is 0 Å². The lowest BCUT2D eigenvalue weighted by Gasteiger charge is -2.05. The Morgan fingerprint density at radius 2 is 1.94 bits per heavy atom. The van der Waals surface area contributed by atoms with Crippen LogP contribution in [0.5, 0.6) is 0 Å². The van der Waals surface area contributed by atoms with Gasteiger partial charge in [0, 0.05) is 0 Å². The second-order valence-corrected chi connectivity index (χ2v) is 5.80. The molecule has 0 amide bonds. The van der Waals surface area contributed by atoms with Gasteiger partial charge in [-0.2, -0.15) is 4.39 Å². The van der Waals surface area contributed by atoms with Crippen molar-refractivity contribution in [2.75, 3.05) is 0 Å². The summed E-state index contributed by atoms with van der Waals surface area (Å²) in [6.45, 7) is 0. The van der Waals surface area contributed by atoms with E-state index in [1.807, 2.05) is 6.07 Å². The van der Waals surface area contributed by atoms with Crippen LogP contribution in [0.15, 0.2) is 41.5 Å². The van der Waals surface area contributed by atoms with Crippen molar-refractivity contribution < 1.29 is 4.39 Å². The third-order valence-electron chi connectivity index (χ3n) is 1.87. The van der Waals surface area contributed by atoms with Crippen molar-refractivity contribution in [2.45, 2.75) is 3.92 Å². The SMILES string of the molecule is O=c1n(-c2ccccc2)cnn1SC(F)(Cl)Cl. The second kappa shape index (κ2) is 4.72. The lowest BCUT2D eigenvalue weighted by molar-refractivity contribution is 0.513. The first-order valence-electron chi connectivity index (χ1n) is 4.46. The maximum absolute atomic E-state index is 13.0. The normalized spacial score (nSPS) is 11.7. The average Bonchev–Trinajstić information content (AvgIpc) is 2.60. The fourth-order valence-corrected chi connectivity index (χ4v) is 2.06. The van der Waals surface area contributed by atoms with Crippen molar-refractivity contribution in [1.29, 1.82) is 0 Å². The predicted molar refractivity (Wildman–Crippen MR) is 66.4 cm³/mol. The van der Waals surface area contributed by atoms with E-state index in [1.165, 1.54) is 10.9 Å². The Labute approximate surface area is 110 Å². The van der Waals surface area contributed by atoms with E-state index in [4.69, 9.17) is 23.2 Å². The largest absolute Gasteiger partial charge is 0.361 e. The maximum atomic E-state index is 13.0. The van der Waals surface area contributed by atoms with Crippen molar-refractivity contribution in [1.82, 2.24) is 13.8 Å². The number of halogens is 3. The van der Waals surface area contributed by atoms with Gasteiger partial charge in [-0.05, 0) is 12.1 Å². The Morgan fingerprint density at radius 1 is 1.29 bits per heavy atom. The second-order valence-electron chi connectivity index (χ2n) is 3.03. The molecule has 17 heavy (non-hydrogen) atoms. The van der Waals surface area contributed by atoms with Crippen LogP contribution in [0, 0.1) is 0 Å². The topological polar surface area (TPSA) is 39.8 Å². The Hall–Kier alpha value is -0.980. The highest BCUT2D eigenvalue weighted by Gasteiger charge is 2.26. The van der Waals surface area contributed by atoms with Gasteiger partial charge in [-0.25, -0.2) is 9.36 Å². The highest BCUT2D eigenvalue weighted by atomic mass is 35.5. The molecule has 90 valence electrons. The van der Waals surface area contributed by atoms with Crippen LogP contribution in [0.25, 0.3) is 5.69 Å². The Bertz CT molecular complexity index is 564. The van der Waals surface area contributed by atoms with E-state index in [9.17, 15) is 9.18 Å². The number of benzene rings is 1. The van der Waals surface area contributed by atoms with Gasteiger partial charge in [0.1, 0.15) is 6.33 Å². The number of para-hydroxylation sites is 1. The molecule has 0 bridgehead atoms. The summed E-state index contributed by atoms with van der Waals surface area (Å²) in [4.78, 5) is 11.8. The summed E-state index contributed by atoms with van der Waals surface area (Å²) in [5, 5.41) is 3.70. The molecule has 0 saturated carbocycles. The van der Waals surface area contributed by atoms with Crippen molar-refractivity contribution in [3.63, 3.8) is 0 Å². The van der Waals surface area contributed by atoms with Gasteiger partial charge < -0.3 is 0 Å². The standard InChI is InChI=1S/C9H6Cl2FN3OS/c10-9(11,12)17-15-8(16)14(6-13-15)7-4-2-1-3-5-7/h1-6H. The third kappa shape index (κ3) is 3.02. The maximum Gasteiger partial charge on any atom is 0.361 e. The average molecular weight is 294 g/mol. The highest BCUT2D eigenvalue weighted by Crippen LogP contribution is 2.35. The molecular weight excluding hydrogens is 288 g/mol. The smallest absolute Gasteiger partial charge is 0.249 e. The molecular formula is C9H6Cl2FN3OS. The minimum Gasteiger partial charge on any atom is -0.249 e. The number of hydrogen-bond acceptors (Lipinski definition) is 3. The Balaban J connectivity index is 2.38. The van der Waals surface area contributed by atoms with Gasteiger partial charge >= 0.3 is 9.61 Å². The molecule has 0 aliphatic carbocycles. The minimum atomic E-state index is -2.60. The van der Waals surface area contributed by atoms with Gasteiger partial charge in [0.25, 0.3) is 0 Å². The molecule has 0 unspecified atom stereocenters. The number of nitrogens with zero attached hydrogens (tertiary/aromatic N) is 3. The summed E-state index contributed by atoms with van der Waals surface area (Å²) in [6, 6.07) is 8.81. The number of alkyl halides is 3. The Kier molecular flexibility index (Phi) is 3.46. The van der Waals surface area contributed by atoms with Gasteiger partial charge in [-0.1, -0.05) is 41.4 Å². The molecule has 1 aromatic carbocycles. The van der Waals surface area contributed by atoms with Gasteiger partial charge in [-0.3, -0.25) is 0 Å². The first-order valence-corrected chi connectivity index (χ1v) is 5.98. The fourth-order valence-electron chi connectivity index (χ4n) is 1.22. The molecule has 0 aliphatic rings. The Morgan fingerprint density at radius 3 is 2.53 bits per heavy atom. The van der Waals surface area contributed by atoms with Crippen LogP contribution in [0.4, 0.5) is 4.39 Å². The van der Waals surface area contributed by atoms with Crippen molar-refractivity contribution in [3.8, 4) is 5.69 Å². The summed E-state index contributed by atoms with van der Waals surface area (Å²) >= 11 is 10.6. The summed E-state index contributed by atoms with van der Waals surface area (Å²) in [5.41, 5.74) is 0.0856. The molecule has 8 heteroatoms. The first-order chi connectivity index (χ1) is 7.97. The van der Waals surface area contributed by atoms with Crippen LogP contribution >= 0.6 is 35.1 Å². The summed E-state index contributed by atoms with van der Waals surface area (Å²) in [6.07, 6.45) is 1.27. The van der Waals surface area contributed by atoms with Crippen LogP contribution in [0.2, 0.25) is 0 Å². The predicted octanol–water partition coefficient (Wildman–Crippen LogP) is 2.59. The van der Waals surface area contributed by atoms with Gasteiger partial charge in [0.2, 0.25) is 0 Å². The molecule has 2 rings (SSSR count). The molecule has 0 atom stereocenters. The molecule has 0 radical (unpaired) electrons. The molecule has 0 fully saturated rings. The monoisotopic (exact) mass is 293 g/mol. The van der Waals surface area contributed by atoms with Gasteiger partial charge in [0.05, 0.1) is 17.6 Å². The molecule has 2 aromatic rings. The van der Waals surface area contributed by atoms with Gasteiger partial charge in [-0.15, -0.1) is 9.19 Å². The lowest BCUT2D eigenvalue weighted by atomic mass is 10.3. The quantitative estimate of drug-likeness (QED) is 0.817. The van der Waals surface area contributed by atoms with Crippen LogP contribution in [0.3, 0.4) is 0 Å². The molecule has 0 spiro atoms. The number of rotatable bonds is 3.